The molecule has 0 unspecified atom stereocenters. The molecule has 7 nitrogen and oxygen atoms in total. The zero-order valence-electron chi connectivity index (χ0n) is 22.5. The van der Waals surface area contributed by atoms with E-state index in [0.29, 0.717) is 33.7 Å². The quantitative estimate of drug-likeness (QED) is 0.169. The van der Waals surface area contributed by atoms with Gasteiger partial charge in [-0.3, -0.25) is 9.97 Å². The van der Waals surface area contributed by atoms with Crippen molar-refractivity contribution in [3.63, 3.8) is 0 Å². The Balaban J connectivity index is 1.32. The van der Waals surface area contributed by atoms with Gasteiger partial charge in [0.15, 0.2) is 0 Å². The number of fused-ring (bicyclic) bond motifs is 7. The Bertz CT molecular complexity index is 2230. The molecule has 0 N–H and O–H groups in total. The molecule has 0 atom stereocenters. The second-order valence-electron chi connectivity index (χ2n) is 9.91. The first-order valence-electron chi connectivity index (χ1n) is 13.6. The predicted molar refractivity (Wildman–Crippen MR) is 164 cm³/mol. The minimum Gasteiger partial charge on any atom is -0.422 e. The third-order valence-electron chi connectivity index (χ3n) is 7.68. The van der Waals surface area contributed by atoms with E-state index in [1.54, 1.807) is 6.07 Å². The normalized spacial score (nSPS) is 11.6. The standard InChI is InChI=1S/C34H25N3O4/c1-3-37(4-2)21-14-13-20-15-27(33(38)40-31(20)16-21)29-18-36-30(19-35-29)28-17-26-24-11-6-5-9-22(24)23-10-7-8-12-25(23)32(26)41-34(28)39/h5-19H,3-4H2,1-2H3. The first-order chi connectivity index (χ1) is 20.1. The number of aromatic nitrogens is 2. The van der Waals surface area contributed by atoms with Crippen LogP contribution in [-0.2, 0) is 0 Å². The van der Waals surface area contributed by atoms with Crippen molar-refractivity contribution < 1.29 is 8.83 Å². The highest BCUT2D eigenvalue weighted by Crippen LogP contribution is 2.35. The first kappa shape index (κ1) is 24.7. The van der Waals surface area contributed by atoms with Crippen molar-refractivity contribution in [3.8, 4) is 22.5 Å². The predicted octanol–water partition coefficient (Wildman–Crippen LogP) is 7.18. The number of hydrogen-bond donors (Lipinski definition) is 0. The molecule has 0 saturated carbocycles. The maximum absolute atomic E-state index is 13.2. The molecule has 0 saturated heterocycles. The lowest BCUT2D eigenvalue weighted by atomic mass is 9.97. The zero-order valence-corrected chi connectivity index (χ0v) is 22.5. The van der Waals surface area contributed by atoms with E-state index in [-0.39, 0.29) is 0 Å². The Morgan fingerprint density at radius 3 is 1.83 bits per heavy atom. The van der Waals surface area contributed by atoms with Gasteiger partial charge in [0.05, 0.1) is 34.9 Å². The maximum atomic E-state index is 13.2. The lowest BCUT2D eigenvalue weighted by Crippen LogP contribution is -2.21. The number of hydrogen-bond acceptors (Lipinski definition) is 7. The van der Waals surface area contributed by atoms with E-state index in [2.05, 4.69) is 34.8 Å². The molecule has 4 aromatic carbocycles. The van der Waals surface area contributed by atoms with Crippen LogP contribution in [0.4, 0.5) is 5.69 Å². The topological polar surface area (TPSA) is 89.4 Å². The van der Waals surface area contributed by atoms with E-state index in [1.807, 2.05) is 66.7 Å². The average molecular weight is 540 g/mol. The van der Waals surface area contributed by atoms with Crippen LogP contribution in [0.1, 0.15) is 13.8 Å². The lowest BCUT2D eigenvalue weighted by molar-refractivity contribution is 0.563. The van der Waals surface area contributed by atoms with Gasteiger partial charge in [-0.05, 0) is 54.3 Å². The van der Waals surface area contributed by atoms with Gasteiger partial charge in [0, 0.05) is 41.0 Å². The highest BCUT2D eigenvalue weighted by atomic mass is 16.4. The van der Waals surface area contributed by atoms with Gasteiger partial charge in [0.2, 0.25) is 0 Å². The van der Waals surface area contributed by atoms with Gasteiger partial charge in [-0.2, -0.15) is 0 Å². The SMILES string of the molecule is CCN(CC)c1ccc2cc(-c3cnc(-c4cc5c6ccccc6c6ccccc6c5oc4=O)cn3)c(=O)oc2c1. The van der Waals surface area contributed by atoms with Crippen LogP contribution >= 0.6 is 0 Å². The highest BCUT2D eigenvalue weighted by Gasteiger charge is 2.17. The number of benzene rings is 4. The molecule has 41 heavy (non-hydrogen) atoms. The van der Waals surface area contributed by atoms with Gasteiger partial charge in [-0.25, -0.2) is 9.59 Å². The molecule has 0 amide bonds. The zero-order chi connectivity index (χ0) is 28.1. The fourth-order valence-corrected chi connectivity index (χ4v) is 5.59. The van der Waals surface area contributed by atoms with Crippen LogP contribution in [0.3, 0.4) is 0 Å². The number of rotatable bonds is 5. The third-order valence-corrected chi connectivity index (χ3v) is 7.68. The molecule has 7 rings (SSSR count). The molecule has 0 radical (unpaired) electrons. The molecule has 0 bridgehead atoms. The minimum atomic E-state index is -0.505. The van der Waals surface area contributed by atoms with Crippen LogP contribution in [0.5, 0.6) is 0 Å². The Hall–Kier alpha value is -5.30. The minimum absolute atomic E-state index is 0.298. The van der Waals surface area contributed by atoms with Crippen molar-refractivity contribution in [2.24, 2.45) is 0 Å². The summed E-state index contributed by atoms with van der Waals surface area (Å²) in [4.78, 5) is 37.3. The van der Waals surface area contributed by atoms with Crippen LogP contribution in [0.15, 0.2) is 110 Å². The van der Waals surface area contributed by atoms with Crippen LogP contribution < -0.4 is 16.2 Å². The second-order valence-corrected chi connectivity index (χ2v) is 9.91. The van der Waals surface area contributed by atoms with E-state index in [1.165, 1.54) is 12.4 Å². The summed E-state index contributed by atoms with van der Waals surface area (Å²) in [6, 6.07) is 25.4. The highest BCUT2D eigenvalue weighted by molar-refractivity contribution is 6.23. The number of anilines is 1. The summed E-state index contributed by atoms with van der Waals surface area (Å²) in [7, 11) is 0. The Labute approximate surface area is 234 Å². The van der Waals surface area contributed by atoms with Crippen molar-refractivity contribution >= 4 is 49.2 Å². The van der Waals surface area contributed by atoms with Crippen LogP contribution in [0.25, 0.3) is 66.0 Å². The second kappa shape index (κ2) is 9.71. The van der Waals surface area contributed by atoms with E-state index in [9.17, 15) is 9.59 Å². The molecule has 0 aliphatic carbocycles. The molecule has 0 spiro atoms. The van der Waals surface area contributed by atoms with Crippen molar-refractivity contribution in [2.75, 3.05) is 18.0 Å². The molecule has 0 aliphatic heterocycles. The summed E-state index contributed by atoms with van der Waals surface area (Å²) < 4.78 is 11.6. The van der Waals surface area contributed by atoms with Gasteiger partial charge >= 0.3 is 11.3 Å². The Kier molecular flexibility index (Phi) is 5.86. The van der Waals surface area contributed by atoms with E-state index in [0.717, 1.165) is 51.1 Å². The Morgan fingerprint density at radius 2 is 1.20 bits per heavy atom. The number of nitrogens with zero attached hydrogens (tertiary/aromatic N) is 3. The van der Waals surface area contributed by atoms with Gasteiger partial charge in [-0.15, -0.1) is 0 Å². The molecule has 7 aromatic rings. The molecule has 7 heteroatoms. The summed E-state index contributed by atoms with van der Waals surface area (Å²) >= 11 is 0. The molecule has 3 aromatic heterocycles. The fraction of sp³-hybridized carbons (Fsp3) is 0.118. The lowest BCUT2D eigenvalue weighted by Gasteiger charge is -2.21. The molecule has 3 heterocycles. The fourth-order valence-electron chi connectivity index (χ4n) is 5.59. The van der Waals surface area contributed by atoms with Crippen LogP contribution in [0, 0.1) is 0 Å². The van der Waals surface area contributed by atoms with Crippen LogP contribution in [0.2, 0.25) is 0 Å². The summed E-state index contributed by atoms with van der Waals surface area (Å²) in [5, 5.41) is 5.56. The van der Waals surface area contributed by atoms with Crippen molar-refractivity contribution in [2.45, 2.75) is 13.8 Å². The van der Waals surface area contributed by atoms with Crippen molar-refractivity contribution in [3.05, 3.63) is 112 Å². The van der Waals surface area contributed by atoms with E-state index < -0.39 is 11.3 Å². The monoisotopic (exact) mass is 539 g/mol. The van der Waals surface area contributed by atoms with Gasteiger partial charge in [0.25, 0.3) is 0 Å². The van der Waals surface area contributed by atoms with Gasteiger partial charge < -0.3 is 13.7 Å². The first-order valence-corrected chi connectivity index (χ1v) is 13.6. The van der Waals surface area contributed by atoms with Gasteiger partial charge in [0.1, 0.15) is 11.2 Å². The molecule has 200 valence electrons. The summed E-state index contributed by atoms with van der Waals surface area (Å²) in [6.07, 6.45) is 2.98. The Morgan fingerprint density at radius 1 is 0.634 bits per heavy atom. The van der Waals surface area contributed by atoms with Gasteiger partial charge in [-0.1, -0.05) is 48.5 Å². The van der Waals surface area contributed by atoms with E-state index in [4.69, 9.17) is 8.83 Å². The maximum Gasteiger partial charge on any atom is 0.345 e. The third kappa shape index (κ3) is 4.05. The molecular formula is C34H25N3O4. The molecular weight excluding hydrogens is 514 g/mol. The van der Waals surface area contributed by atoms with Crippen molar-refractivity contribution in [1.82, 2.24) is 9.97 Å². The molecule has 0 fully saturated rings. The summed E-state index contributed by atoms with van der Waals surface area (Å²) in [6.45, 7) is 5.88. The van der Waals surface area contributed by atoms with Crippen molar-refractivity contribution in [1.29, 1.82) is 0 Å². The smallest absolute Gasteiger partial charge is 0.345 e. The van der Waals surface area contributed by atoms with E-state index >= 15 is 0 Å². The summed E-state index contributed by atoms with van der Waals surface area (Å²) in [5.41, 5.74) is 2.36. The largest absolute Gasteiger partial charge is 0.422 e. The average Bonchev–Trinajstić information content (AvgIpc) is 3.01. The van der Waals surface area contributed by atoms with Crippen LogP contribution in [-0.4, -0.2) is 23.1 Å². The molecule has 0 aliphatic rings. The summed E-state index contributed by atoms with van der Waals surface area (Å²) in [5.74, 6) is 0.